The van der Waals surface area contributed by atoms with Crippen molar-refractivity contribution < 1.29 is 19.1 Å². The summed E-state index contributed by atoms with van der Waals surface area (Å²) in [6.45, 7) is 5.35. The first-order valence-corrected chi connectivity index (χ1v) is 7.23. The quantitative estimate of drug-likeness (QED) is 0.660. The molecule has 0 aliphatic heterocycles. The summed E-state index contributed by atoms with van der Waals surface area (Å²) in [5.74, 6) is -0.105. The van der Waals surface area contributed by atoms with Crippen molar-refractivity contribution in [1.82, 2.24) is 0 Å². The van der Waals surface area contributed by atoms with E-state index in [0.29, 0.717) is 22.9 Å². The smallest absolute Gasteiger partial charge is 0.412 e. The summed E-state index contributed by atoms with van der Waals surface area (Å²) in [7, 11) is 1.34. The fraction of sp³-hybridized carbons (Fsp3) is 0.500. The summed E-state index contributed by atoms with van der Waals surface area (Å²) in [6.07, 6.45) is 1.45. The normalized spacial score (nSPS) is 14.4. The van der Waals surface area contributed by atoms with Crippen molar-refractivity contribution in [1.29, 1.82) is 0 Å². The Bertz CT molecular complexity index is 601. The van der Waals surface area contributed by atoms with Crippen molar-refractivity contribution >= 4 is 23.4 Å². The number of nitrogens with one attached hydrogen (secondary N) is 1. The van der Waals surface area contributed by atoms with E-state index in [0.717, 1.165) is 18.4 Å². The standard InChI is InChI=1S/C16H22N2O4/c1-16(2,3)22-15(20)18-13-8-10(9-5-6-9)11(7-12(13)17)14(19)21-4/h7-9H,5-6,17H2,1-4H3,(H,18,20). The Hall–Kier alpha value is -2.24. The molecule has 1 aromatic carbocycles. The molecule has 0 heterocycles. The Morgan fingerprint density at radius 1 is 1.27 bits per heavy atom. The number of anilines is 2. The van der Waals surface area contributed by atoms with Crippen LogP contribution in [0.2, 0.25) is 0 Å². The molecule has 2 rings (SSSR count). The van der Waals surface area contributed by atoms with E-state index in [4.69, 9.17) is 15.2 Å². The van der Waals surface area contributed by atoms with Gasteiger partial charge >= 0.3 is 12.1 Å². The van der Waals surface area contributed by atoms with Crippen LogP contribution in [0.5, 0.6) is 0 Å². The van der Waals surface area contributed by atoms with Crippen molar-refractivity contribution in [3.8, 4) is 0 Å². The van der Waals surface area contributed by atoms with Crippen molar-refractivity contribution in [2.45, 2.75) is 45.1 Å². The van der Waals surface area contributed by atoms with Gasteiger partial charge in [0.1, 0.15) is 5.60 Å². The number of carbonyl (C=O) groups excluding carboxylic acids is 2. The number of nitrogen functional groups attached to an aromatic ring is 1. The molecule has 0 unspecified atom stereocenters. The lowest BCUT2D eigenvalue weighted by Crippen LogP contribution is -2.27. The van der Waals surface area contributed by atoms with Gasteiger partial charge in [-0.2, -0.15) is 0 Å². The number of amides is 1. The van der Waals surface area contributed by atoms with Gasteiger partial charge in [-0.05, 0) is 57.2 Å². The van der Waals surface area contributed by atoms with Crippen molar-refractivity contribution in [2.24, 2.45) is 0 Å². The Kier molecular flexibility index (Phi) is 4.30. The van der Waals surface area contributed by atoms with E-state index in [2.05, 4.69) is 5.32 Å². The van der Waals surface area contributed by atoms with Crippen LogP contribution >= 0.6 is 0 Å². The summed E-state index contributed by atoms with van der Waals surface area (Å²) in [6, 6.07) is 3.29. The number of ether oxygens (including phenoxy) is 2. The van der Waals surface area contributed by atoms with Crippen LogP contribution in [0.15, 0.2) is 12.1 Å². The molecule has 22 heavy (non-hydrogen) atoms. The number of esters is 1. The molecule has 1 aliphatic rings. The van der Waals surface area contributed by atoms with Gasteiger partial charge in [-0.25, -0.2) is 9.59 Å². The fourth-order valence-electron chi connectivity index (χ4n) is 2.17. The molecule has 0 atom stereocenters. The van der Waals surface area contributed by atoms with Crippen LogP contribution in [0, 0.1) is 0 Å². The van der Waals surface area contributed by atoms with Crippen molar-refractivity contribution in [3.05, 3.63) is 23.3 Å². The molecule has 1 fully saturated rings. The van der Waals surface area contributed by atoms with Gasteiger partial charge in [-0.15, -0.1) is 0 Å². The Labute approximate surface area is 130 Å². The van der Waals surface area contributed by atoms with Crippen molar-refractivity contribution in [3.63, 3.8) is 0 Å². The van der Waals surface area contributed by atoms with E-state index in [1.54, 1.807) is 32.9 Å². The van der Waals surface area contributed by atoms with Crippen LogP contribution in [-0.2, 0) is 9.47 Å². The molecule has 6 nitrogen and oxygen atoms in total. The third-order valence-electron chi connectivity index (χ3n) is 3.28. The maximum atomic E-state index is 11.9. The minimum absolute atomic E-state index is 0.302. The van der Waals surface area contributed by atoms with E-state index in [9.17, 15) is 9.59 Å². The van der Waals surface area contributed by atoms with Gasteiger partial charge in [-0.3, -0.25) is 5.32 Å². The topological polar surface area (TPSA) is 90.6 Å². The zero-order valence-corrected chi connectivity index (χ0v) is 13.4. The maximum absolute atomic E-state index is 11.9. The van der Waals surface area contributed by atoms with Gasteiger partial charge in [0, 0.05) is 0 Å². The first-order valence-electron chi connectivity index (χ1n) is 7.23. The van der Waals surface area contributed by atoms with Gasteiger partial charge < -0.3 is 15.2 Å². The maximum Gasteiger partial charge on any atom is 0.412 e. The second-order valence-corrected chi connectivity index (χ2v) is 6.42. The van der Waals surface area contributed by atoms with Gasteiger partial charge in [0.05, 0.1) is 24.0 Å². The third kappa shape index (κ3) is 3.90. The lowest BCUT2D eigenvalue weighted by atomic mass is 10.0. The molecule has 0 radical (unpaired) electrons. The first kappa shape index (κ1) is 16.1. The minimum Gasteiger partial charge on any atom is -0.465 e. The van der Waals surface area contributed by atoms with Crippen LogP contribution in [0.3, 0.4) is 0 Å². The molecular weight excluding hydrogens is 284 g/mol. The molecule has 1 amide bonds. The molecule has 0 bridgehead atoms. The Balaban J connectivity index is 2.27. The second kappa shape index (κ2) is 5.87. The molecule has 1 saturated carbocycles. The van der Waals surface area contributed by atoms with E-state index in [-0.39, 0.29) is 0 Å². The predicted molar refractivity (Wildman–Crippen MR) is 84.0 cm³/mol. The highest BCUT2D eigenvalue weighted by molar-refractivity contribution is 5.96. The third-order valence-corrected chi connectivity index (χ3v) is 3.28. The monoisotopic (exact) mass is 306 g/mol. The van der Waals surface area contributed by atoms with Crippen LogP contribution in [0.25, 0.3) is 0 Å². The highest BCUT2D eigenvalue weighted by Crippen LogP contribution is 2.44. The average Bonchev–Trinajstić information content (AvgIpc) is 3.22. The molecule has 0 aromatic heterocycles. The molecule has 120 valence electrons. The molecule has 1 aliphatic carbocycles. The predicted octanol–water partition coefficient (Wildman–Crippen LogP) is 3.28. The summed E-state index contributed by atoms with van der Waals surface area (Å²) in [4.78, 5) is 23.7. The van der Waals surface area contributed by atoms with E-state index in [1.807, 2.05) is 0 Å². The first-order chi connectivity index (χ1) is 10.2. The highest BCUT2D eigenvalue weighted by atomic mass is 16.6. The summed E-state index contributed by atoms with van der Waals surface area (Å²) in [5, 5.41) is 2.64. The zero-order chi connectivity index (χ0) is 16.5. The summed E-state index contributed by atoms with van der Waals surface area (Å²) >= 11 is 0. The van der Waals surface area contributed by atoms with Crippen LogP contribution < -0.4 is 11.1 Å². The SMILES string of the molecule is COC(=O)c1cc(N)c(NC(=O)OC(C)(C)C)cc1C1CC1. The van der Waals surface area contributed by atoms with Gasteiger partial charge in [0.25, 0.3) is 0 Å². The highest BCUT2D eigenvalue weighted by Gasteiger charge is 2.30. The number of nitrogens with two attached hydrogens (primary N) is 1. The van der Waals surface area contributed by atoms with Crippen LogP contribution in [0.1, 0.15) is 55.5 Å². The largest absolute Gasteiger partial charge is 0.465 e. The Morgan fingerprint density at radius 3 is 2.41 bits per heavy atom. The van der Waals surface area contributed by atoms with Gasteiger partial charge in [0.15, 0.2) is 0 Å². The second-order valence-electron chi connectivity index (χ2n) is 6.42. The molecular formula is C16H22N2O4. The molecule has 6 heteroatoms. The van der Waals surface area contributed by atoms with E-state index < -0.39 is 17.7 Å². The van der Waals surface area contributed by atoms with E-state index >= 15 is 0 Å². The summed E-state index contributed by atoms with van der Waals surface area (Å²) in [5.41, 5.74) is 7.40. The number of benzene rings is 1. The van der Waals surface area contributed by atoms with Crippen LogP contribution in [0.4, 0.5) is 16.2 Å². The summed E-state index contributed by atoms with van der Waals surface area (Å²) < 4.78 is 10.0. The average molecular weight is 306 g/mol. The van der Waals surface area contributed by atoms with Crippen molar-refractivity contribution in [2.75, 3.05) is 18.2 Å². The fourth-order valence-corrected chi connectivity index (χ4v) is 2.17. The van der Waals surface area contributed by atoms with E-state index in [1.165, 1.54) is 7.11 Å². The molecule has 0 saturated heterocycles. The number of rotatable bonds is 3. The lowest BCUT2D eigenvalue weighted by molar-refractivity contribution is 0.0597. The number of carbonyl (C=O) groups is 2. The number of methoxy groups -OCH3 is 1. The van der Waals surface area contributed by atoms with Crippen LogP contribution in [-0.4, -0.2) is 24.8 Å². The Morgan fingerprint density at radius 2 is 1.91 bits per heavy atom. The molecule has 0 spiro atoms. The lowest BCUT2D eigenvalue weighted by Gasteiger charge is -2.20. The van der Waals surface area contributed by atoms with Gasteiger partial charge in [0.2, 0.25) is 0 Å². The zero-order valence-electron chi connectivity index (χ0n) is 13.4. The number of hydrogen-bond donors (Lipinski definition) is 2. The molecule has 1 aromatic rings. The minimum atomic E-state index is -0.593. The molecule has 3 N–H and O–H groups in total. The number of hydrogen-bond acceptors (Lipinski definition) is 5. The van der Waals surface area contributed by atoms with Gasteiger partial charge in [-0.1, -0.05) is 0 Å².